The normalized spacial score (nSPS) is 12.1. The smallest absolute Gasteiger partial charge is 0.416 e. The van der Waals surface area contributed by atoms with Crippen LogP contribution >= 0.6 is 0 Å². The molecule has 0 aliphatic rings. The van der Waals surface area contributed by atoms with Gasteiger partial charge in [0.2, 0.25) is 0 Å². The lowest BCUT2D eigenvalue weighted by Gasteiger charge is -2.15. The maximum absolute atomic E-state index is 12.7. The average molecular weight is 362 g/mol. The number of nitriles is 1. The highest BCUT2D eigenvalue weighted by atomic mass is 19.4. The lowest BCUT2D eigenvalue weighted by atomic mass is 10.0. The quantitative estimate of drug-likeness (QED) is 0.856. The van der Waals surface area contributed by atoms with Crippen molar-refractivity contribution in [2.24, 2.45) is 0 Å². The van der Waals surface area contributed by atoms with Crippen LogP contribution in [0.25, 0.3) is 0 Å². The minimum Gasteiger partial charge on any atom is -0.480 e. The van der Waals surface area contributed by atoms with Gasteiger partial charge in [0.15, 0.2) is 0 Å². The molecule has 1 atom stereocenters. The Morgan fingerprint density at radius 1 is 1.15 bits per heavy atom. The molecule has 134 valence electrons. The number of rotatable bonds is 5. The van der Waals surface area contributed by atoms with Crippen molar-refractivity contribution in [3.8, 4) is 6.07 Å². The third-order valence-electron chi connectivity index (χ3n) is 3.55. The monoisotopic (exact) mass is 362 g/mol. The van der Waals surface area contributed by atoms with Gasteiger partial charge in [0.1, 0.15) is 6.04 Å². The molecule has 0 fully saturated rings. The minimum atomic E-state index is -4.61. The molecule has 2 N–H and O–H groups in total. The van der Waals surface area contributed by atoms with E-state index in [-0.39, 0.29) is 12.0 Å². The number of carboxylic acid groups (broad SMARTS) is 1. The van der Waals surface area contributed by atoms with Gasteiger partial charge < -0.3 is 10.4 Å². The number of aliphatic carboxylic acids is 1. The van der Waals surface area contributed by atoms with Crippen LogP contribution in [0.3, 0.4) is 0 Å². The molecule has 0 heterocycles. The summed E-state index contributed by atoms with van der Waals surface area (Å²) >= 11 is 0. The fourth-order valence-corrected chi connectivity index (χ4v) is 2.28. The third kappa shape index (κ3) is 4.83. The van der Waals surface area contributed by atoms with Crippen LogP contribution in [0.5, 0.6) is 0 Å². The maximum atomic E-state index is 12.7. The number of carboxylic acids is 1. The Balaban J connectivity index is 2.18. The number of benzene rings is 2. The summed E-state index contributed by atoms with van der Waals surface area (Å²) in [7, 11) is 0. The van der Waals surface area contributed by atoms with Crippen molar-refractivity contribution in [3.05, 3.63) is 70.8 Å². The summed E-state index contributed by atoms with van der Waals surface area (Å²) in [6, 6.07) is 10.5. The lowest BCUT2D eigenvalue weighted by molar-refractivity contribution is -0.139. The van der Waals surface area contributed by atoms with Gasteiger partial charge in [-0.3, -0.25) is 4.79 Å². The molecule has 0 bridgehead atoms. The molecule has 0 aliphatic heterocycles. The standard InChI is InChI=1S/C18H13F3N2O3/c19-18(20,21)14-6-2-5-13(9-14)16(24)23-15(17(25)26)8-11-3-1-4-12(7-11)10-22/h1-7,9,15H,8H2,(H,23,24)(H,25,26)/t15-/m0/s1. The number of carbonyl (C=O) groups is 2. The first kappa shape index (κ1) is 19.0. The molecule has 8 heteroatoms. The SMILES string of the molecule is N#Cc1cccc(C[C@H](NC(=O)c2cccc(C(F)(F)F)c2)C(=O)O)c1. The van der Waals surface area contributed by atoms with Crippen LogP contribution < -0.4 is 5.32 Å². The number of halogens is 3. The van der Waals surface area contributed by atoms with Gasteiger partial charge in [-0.25, -0.2) is 4.79 Å². The van der Waals surface area contributed by atoms with E-state index in [4.69, 9.17) is 5.26 Å². The summed E-state index contributed by atoms with van der Waals surface area (Å²) in [6.45, 7) is 0. The van der Waals surface area contributed by atoms with Crippen molar-refractivity contribution in [2.75, 3.05) is 0 Å². The Morgan fingerprint density at radius 2 is 1.85 bits per heavy atom. The van der Waals surface area contributed by atoms with E-state index in [0.717, 1.165) is 12.1 Å². The second-order valence-corrected chi connectivity index (χ2v) is 5.46. The van der Waals surface area contributed by atoms with Crippen molar-refractivity contribution in [1.82, 2.24) is 5.32 Å². The zero-order valence-electron chi connectivity index (χ0n) is 13.2. The lowest BCUT2D eigenvalue weighted by Crippen LogP contribution is -2.42. The van der Waals surface area contributed by atoms with Crippen LogP contribution in [-0.4, -0.2) is 23.0 Å². The number of carbonyl (C=O) groups excluding carboxylic acids is 1. The van der Waals surface area contributed by atoms with Gasteiger partial charge in [-0.05, 0) is 35.9 Å². The van der Waals surface area contributed by atoms with Crippen LogP contribution in [0.2, 0.25) is 0 Å². The van der Waals surface area contributed by atoms with Crippen LogP contribution in [0.4, 0.5) is 13.2 Å². The molecular formula is C18H13F3N2O3. The zero-order chi connectivity index (χ0) is 19.3. The Hall–Kier alpha value is -3.34. The van der Waals surface area contributed by atoms with Gasteiger partial charge in [-0.15, -0.1) is 0 Å². The van der Waals surface area contributed by atoms with Gasteiger partial charge in [0.25, 0.3) is 5.91 Å². The molecule has 0 aliphatic carbocycles. The number of nitrogens with one attached hydrogen (secondary N) is 1. The Bertz CT molecular complexity index is 872. The second kappa shape index (κ2) is 7.70. The van der Waals surface area contributed by atoms with Gasteiger partial charge in [0.05, 0.1) is 17.2 Å². The Kier molecular flexibility index (Phi) is 5.62. The molecule has 0 saturated carbocycles. The third-order valence-corrected chi connectivity index (χ3v) is 3.55. The molecule has 26 heavy (non-hydrogen) atoms. The van der Waals surface area contributed by atoms with Gasteiger partial charge in [-0.1, -0.05) is 18.2 Å². The van der Waals surface area contributed by atoms with E-state index in [9.17, 15) is 27.9 Å². The van der Waals surface area contributed by atoms with Crippen molar-refractivity contribution in [3.63, 3.8) is 0 Å². The topological polar surface area (TPSA) is 90.2 Å². The molecule has 2 aromatic rings. The number of alkyl halides is 3. The molecule has 0 unspecified atom stereocenters. The van der Waals surface area contributed by atoms with Crippen LogP contribution in [0.1, 0.15) is 27.0 Å². The molecule has 1 amide bonds. The van der Waals surface area contributed by atoms with E-state index in [2.05, 4.69) is 5.32 Å². The summed E-state index contributed by atoms with van der Waals surface area (Å²) in [5.41, 5.74) is -0.466. The van der Waals surface area contributed by atoms with Gasteiger partial charge >= 0.3 is 12.1 Å². The molecule has 2 rings (SSSR count). The van der Waals surface area contributed by atoms with Crippen LogP contribution in [0.15, 0.2) is 48.5 Å². The average Bonchev–Trinajstić information content (AvgIpc) is 2.60. The van der Waals surface area contributed by atoms with E-state index in [1.807, 2.05) is 6.07 Å². The van der Waals surface area contributed by atoms with E-state index in [1.54, 1.807) is 18.2 Å². The number of nitrogens with zero attached hydrogens (tertiary/aromatic N) is 1. The zero-order valence-corrected chi connectivity index (χ0v) is 13.2. The van der Waals surface area contributed by atoms with Crippen molar-refractivity contribution in [2.45, 2.75) is 18.6 Å². The summed E-state index contributed by atoms with van der Waals surface area (Å²) < 4.78 is 38.2. The highest BCUT2D eigenvalue weighted by Crippen LogP contribution is 2.29. The first-order valence-corrected chi connectivity index (χ1v) is 7.40. The molecule has 2 aromatic carbocycles. The fourth-order valence-electron chi connectivity index (χ4n) is 2.28. The number of hydrogen-bond donors (Lipinski definition) is 2. The molecule has 0 radical (unpaired) electrons. The van der Waals surface area contributed by atoms with E-state index >= 15 is 0 Å². The maximum Gasteiger partial charge on any atom is 0.416 e. The first-order chi connectivity index (χ1) is 12.2. The summed E-state index contributed by atoms with van der Waals surface area (Å²) in [6.07, 6.45) is -4.73. The Morgan fingerprint density at radius 3 is 2.46 bits per heavy atom. The van der Waals surface area contributed by atoms with Crippen molar-refractivity contribution >= 4 is 11.9 Å². The highest BCUT2D eigenvalue weighted by molar-refractivity contribution is 5.96. The molecular weight excluding hydrogens is 349 g/mol. The van der Waals surface area contributed by atoms with Crippen molar-refractivity contribution < 1.29 is 27.9 Å². The predicted octanol–water partition coefficient (Wildman–Crippen LogP) is 3.00. The first-order valence-electron chi connectivity index (χ1n) is 7.40. The van der Waals surface area contributed by atoms with Crippen molar-refractivity contribution in [1.29, 1.82) is 5.26 Å². The Labute approximate surface area is 146 Å². The van der Waals surface area contributed by atoms with Gasteiger partial charge in [-0.2, -0.15) is 18.4 Å². The predicted molar refractivity (Wildman–Crippen MR) is 85.2 cm³/mol. The molecule has 0 aromatic heterocycles. The minimum absolute atomic E-state index is 0.116. The van der Waals surface area contributed by atoms with E-state index in [1.165, 1.54) is 12.1 Å². The largest absolute Gasteiger partial charge is 0.480 e. The van der Waals surface area contributed by atoms with Crippen LogP contribution in [-0.2, 0) is 17.4 Å². The van der Waals surface area contributed by atoms with E-state index in [0.29, 0.717) is 17.2 Å². The summed E-state index contributed by atoms with van der Waals surface area (Å²) in [4.78, 5) is 23.5. The second-order valence-electron chi connectivity index (χ2n) is 5.46. The van der Waals surface area contributed by atoms with E-state index < -0.39 is 29.7 Å². The number of hydrogen-bond acceptors (Lipinski definition) is 3. The van der Waals surface area contributed by atoms with Gasteiger partial charge in [0, 0.05) is 12.0 Å². The molecule has 0 spiro atoms. The molecule has 5 nitrogen and oxygen atoms in total. The fraction of sp³-hybridized carbons (Fsp3) is 0.167. The summed E-state index contributed by atoms with van der Waals surface area (Å²) in [5, 5.41) is 20.4. The van der Waals surface area contributed by atoms with Crippen LogP contribution in [0, 0.1) is 11.3 Å². The summed E-state index contributed by atoms with van der Waals surface area (Å²) in [5.74, 6) is -2.27. The highest BCUT2D eigenvalue weighted by Gasteiger charge is 2.31. The molecule has 0 saturated heterocycles. The number of amides is 1.